The molecule has 0 spiro atoms. The quantitative estimate of drug-likeness (QED) is 0.873. The van der Waals surface area contributed by atoms with Crippen LogP contribution in [0.4, 0.5) is 5.69 Å². The predicted octanol–water partition coefficient (Wildman–Crippen LogP) is 2.00. The van der Waals surface area contributed by atoms with Crippen LogP contribution in [0.15, 0.2) is 24.3 Å². The van der Waals surface area contributed by atoms with Crippen molar-refractivity contribution in [2.75, 3.05) is 17.1 Å². The molecule has 0 saturated heterocycles. The molecular weight excluding hydrogens is 276 g/mol. The van der Waals surface area contributed by atoms with Gasteiger partial charge in [-0.1, -0.05) is 6.92 Å². The SMILES string of the molecule is CC[C@@H](C)NC(=O)c1ccc(N(CC)S(C)(=O)=O)cc1. The predicted molar refractivity (Wildman–Crippen MR) is 81.5 cm³/mol. The third kappa shape index (κ3) is 4.23. The highest BCUT2D eigenvalue weighted by molar-refractivity contribution is 7.92. The van der Waals surface area contributed by atoms with Gasteiger partial charge in [0.15, 0.2) is 0 Å². The second kappa shape index (κ2) is 6.74. The number of rotatable bonds is 6. The average Bonchev–Trinajstić information content (AvgIpc) is 2.38. The highest BCUT2D eigenvalue weighted by Gasteiger charge is 2.16. The van der Waals surface area contributed by atoms with Crippen LogP contribution >= 0.6 is 0 Å². The fourth-order valence-corrected chi connectivity index (χ4v) is 2.77. The summed E-state index contributed by atoms with van der Waals surface area (Å²) >= 11 is 0. The Balaban J connectivity index is 2.91. The van der Waals surface area contributed by atoms with Gasteiger partial charge in [-0.25, -0.2) is 8.42 Å². The molecule has 0 heterocycles. The average molecular weight is 298 g/mol. The Morgan fingerprint density at radius 2 is 1.80 bits per heavy atom. The monoisotopic (exact) mass is 298 g/mol. The molecule has 0 fully saturated rings. The molecule has 0 radical (unpaired) electrons. The molecule has 0 unspecified atom stereocenters. The molecule has 5 nitrogen and oxygen atoms in total. The maximum atomic E-state index is 11.9. The van der Waals surface area contributed by atoms with E-state index in [4.69, 9.17) is 0 Å². The molecule has 1 aromatic rings. The molecule has 0 saturated carbocycles. The lowest BCUT2D eigenvalue weighted by Gasteiger charge is -2.20. The minimum atomic E-state index is -3.29. The molecule has 0 aromatic heterocycles. The van der Waals surface area contributed by atoms with Gasteiger partial charge in [0.05, 0.1) is 11.9 Å². The van der Waals surface area contributed by atoms with Crippen LogP contribution in [0.2, 0.25) is 0 Å². The van der Waals surface area contributed by atoms with Crippen LogP contribution in [-0.4, -0.2) is 33.2 Å². The van der Waals surface area contributed by atoms with Crippen molar-refractivity contribution in [3.63, 3.8) is 0 Å². The van der Waals surface area contributed by atoms with Gasteiger partial charge in [-0.15, -0.1) is 0 Å². The molecule has 6 heteroatoms. The van der Waals surface area contributed by atoms with E-state index in [1.807, 2.05) is 13.8 Å². The van der Waals surface area contributed by atoms with Gasteiger partial charge in [-0.2, -0.15) is 0 Å². The molecule has 1 amide bonds. The summed E-state index contributed by atoms with van der Waals surface area (Å²) < 4.78 is 24.5. The summed E-state index contributed by atoms with van der Waals surface area (Å²) in [5, 5.41) is 2.87. The Morgan fingerprint density at radius 3 is 2.20 bits per heavy atom. The van der Waals surface area contributed by atoms with Crippen LogP contribution in [0.5, 0.6) is 0 Å². The van der Waals surface area contributed by atoms with Crippen LogP contribution < -0.4 is 9.62 Å². The minimum Gasteiger partial charge on any atom is -0.350 e. The number of carbonyl (C=O) groups is 1. The number of nitrogens with one attached hydrogen (secondary N) is 1. The first-order chi connectivity index (χ1) is 9.29. The summed E-state index contributed by atoms with van der Waals surface area (Å²) in [6, 6.07) is 6.69. The van der Waals surface area contributed by atoms with Crippen molar-refractivity contribution < 1.29 is 13.2 Å². The van der Waals surface area contributed by atoms with E-state index in [1.54, 1.807) is 31.2 Å². The van der Waals surface area contributed by atoms with Crippen LogP contribution in [0.25, 0.3) is 0 Å². The van der Waals surface area contributed by atoms with Crippen LogP contribution in [0.1, 0.15) is 37.6 Å². The molecule has 20 heavy (non-hydrogen) atoms. The molecule has 1 N–H and O–H groups in total. The number of nitrogens with zero attached hydrogens (tertiary/aromatic N) is 1. The number of sulfonamides is 1. The summed E-state index contributed by atoms with van der Waals surface area (Å²) in [6.07, 6.45) is 2.03. The Kier molecular flexibility index (Phi) is 5.56. The second-order valence-corrected chi connectivity index (χ2v) is 6.66. The van der Waals surface area contributed by atoms with Crippen LogP contribution in [-0.2, 0) is 10.0 Å². The number of amides is 1. The molecule has 1 atom stereocenters. The Labute approximate surface area is 121 Å². The summed E-state index contributed by atoms with van der Waals surface area (Å²) in [7, 11) is -3.29. The first-order valence-electron chi connectivity index (χ1n) is 6.68. The lowest BCUT2D eigenvalue weighted by molar-refractivity contribution is 0.0939. The number of carbonyl (C=O) groups excluding carboxylic acids is 1. The maximum Gasteiger partial charge on any atom is 0.251 e. The Morgan fingerprint density at radius 1 is 1.25 bits per heavy atom. The Bertz CT molecular complexity index is 552. The topological polar surface area (TPSA) is 66.5 Å². The number of hydrogen-bond donors (Lipinski definition) is 1. The smallest absolute Gasteiger partial charge is 0.251 e. The molecule has 0 aliphatic carbocycles. The fourth-order valence-electron chi connectivity index (χ4n) is 1.80. The van der Waals surface area contributed by atoms with Crippen LogP contribution in [0.3, 0.4) is 0 Å². The van der Waals surface area contributed by atoms with E-state index >= 15 is 0 Å². The van der Waals surface area contributed by atoms with Gasteiger partial charge in [0.1, 0.15) is 0 Å². The standard InChI is InChI=1S/C14H22N2O3S/c1-5-11(3)15-14(17)12-7-9-13(10-8-12)16(6-2)20(4,18)19/h7-11H,5-6H2,1-4H3,(H,15,17)/t11-/m1/s1. The lowest BCUT2D eigenvalue weighted by atomic mass is 10.1. The van der Waals surface area contributed by atoms with Crippen molar-refractivity contribution >= 4 is 21.6 Å². The third-order valence-corrected chi connectivity index (χ3v) is 4.36. The molecule has 0 aliphatic heterocycles. The summed E-state index contributed by atoms with van der Waals surface area (Å²) in [4.78, 5) is 11.9. The van der Waals surface area contributed by atoms with Gasteiger partial charge in [0.25, 0.3) is 5.91 Å². The van der Waals surface area contributed by atoms with E-state index in [2.05, 4.69) is 5.32 Å². The molecule has 1 rings (SSSR count). The van der Waals surface area contributed by atoms with Crippen molar-refractivity contribution in [3.8, 4) is 0 Å². The van der Waals surface area contributed by atoms with E-state index in [1.165, 1.54) is 10.6 Å². The van der Waals surface area contributed by atoms with Crippen LogP contribution in [0, 0.1) is 0 Å². The van der Waals surface area contributed by atoms with E-state index in [9.17, 15) is 13.2 Å². The summed E-state index contributed by atoms with van der Waals surface area (Å²) in [5.41, 5.74) is 1.09. The minimum absolute atomic E-state index is 0.116. The van der Waals surface area contributed by atoms with Crippen molar-refractivity contribution in [1.29, 1.82) is 0 Å². The zero-order chi connectivity index (χ0) is 15.3. The number of hydrogen-bond acceptors (Lipinski definition) is 3. The van der Waals surface area contributed by atoms with Gasteiger partial charge in [-0.05, 0) is 44.5 Å². The summed E-state index contributed by atoms with van der Waals surface area (Å²) in [5.74, 6) is -0.145. The van der Waals surface area contributed by atoms with E-state index in [0.717, 1.165) is 6.42 Å². The molecule has 1 aromatic carbocycles. The Hall–Kier alpha value is -1.56. The molecule has 0 bridgehead atoms. The van der Waals surface area contributed by atoms with Gasteiger partial charge in [0.2, 0.25) is 10.0 Å². The number of benzene rings is 1. The van der Waals surface area contributed by atoms with Gasteiger partial charge in [-0.3, -0.25) is 9.10 Å². The zero-order valence-corrected chi connectivity index (χ0v) is 13.2. The maximum absolute atomic E-state index is 11.9. The van der Waals surface area contributed by atoms with Crippen molar-refractivity contribution in [2.24, 2.45) is 0 Å². The highest BCUT2D eigenvalue weighted by Crippen LogP contribution is 2.18. The molecule has 0 aliphatic rings. The van der Waals surface area contributed by atoms with E-state index < -0.39 is 10.0 Å². The number of anilines is 1. The van der Waals surface area contributed by atoms with Crippen molar-refractivity contribution in [1.82, 2.24) is 5.32 Å². The van der Waals surface area contributed by atoms with Crippen molar-refractivity contribution in [2.45, 2.75) is 33.2 Å². The van der Waals surface area contributed by atoms with Gasteiger partial charge in [0, 0.05) is 18.2 Å². The first kappa shape index (κ1) is 16.5. The first-order valence-corrected chi connectivity index (χ1v) is 8.53. The van der Waals surface area contributed by atoms with E-state index in [0.29, 0.717) is 17.8 Å². The third-order valence-electron chi connectivity index (χ3n) is 3.09. The molecule has 112 valence electrons. The molecular formula is C14H22N2O3S. The largest absolute Gasteiger partial charge is 0.350 e. The normalized spacial score (nSPS) is 12.8. The fraction of sp³-hybridized carbons (Fsp3) is 0.500. The second-order valence-electron chi connectivity index (χ2n) is 4.76. The van der Waals surface area contributed by atoms with Crippen molar-refractivity contribution in [3.05, 3.63) is 29.8 Å². The van der Waals surface area contributed by atoms with Gasteiger partial charge >= 0.3 is 0 Å². The lowest BCUT2D eigenvalue weighted by Crippen LogP contribution is -2.32. The zero-order valence-electron chi connectivity index (χ0n) is 12.4. The summed E-state index contributed by atoms with van der Waals surface area (Å²) in [6.45, 7) is 6.07. The van der Waals surface area contributed by atoms with E-state index in [-0.39, 0.29) is 11.9 Å². The highest BCUT2D eigenvalue weighted by atomic mass is 32.2. The van der Waals surface area contributed by atoms with Gasteiger partial charge < -0.3 is 5.32 Å².